The Morgan fingerprint density at radius 3 is 2.83 bits per heavy atom. The third kappa shape index (κ3) is 1.81. The maximum atomic E-state index is 9.34. The largest absolute Gasteiger partial charge is 0.506 e. The van der Waals surface area contributed by atoms with Crippen LogP contribution in [0.1, 0.15) is 6.92 Å². The summed E-state index contributed by atoms with van der Waals surface area (Å²) in [6.45, 7) is 2.75. The van der Waals surface area contributed by atoms with Crippen LogP contribution in [0.5, 0.6) is 11.5 Å². The molecule has 1 aromatic rings. The summed E-state index contributed by atoms with van der Waals surface area (Å²) in [5, 5.41) is 12.4. The summed E-state index contributed by atoms with van der Waals surface area (Å²) in [5.41, 5.74) is 0.705. The predicted molar refractivity (Wildman–Crippen MR) is 48.8 cm³/mol. The number of phenols is 1. The van der Waals surface area contributed by atoms with Gasteiger partial charge in [-0.15, -0.1) is 0 Å². The van der Waals surface area contributed by atoms with E-state index in [1.165, 1.54) is 0 Å². The van der Waals surface area contributed by atoms with Gasteiger partial charge in [0.1, 0.15) is 11.5 Å². The van der Waals surface area contributed by atoms with E-state index in [-0.39, 0.29) is 5.75 Å². The molecule has 0 radical (unpaired) electrons. The topological polar surface area (TPSA) is 41.5 Å². The summed E-state index contributed by atoms with van der Waals surface area (Å²) in [6.07, 6.45) is 0. The molecule has 0 saturated heterocycles. The first-order valence-corrected chi connectivity index (χ1v) is 3.88. The molecule has 0 saturated carbocycles. The lowest BCUT2D eigenvalue weighted by Gasteiger charge is -2.07. The van der Waals surface area contributed by atoms with Gasteiger partial charge in [0.2, 0.25) is 0 Å². The minimum Gasteiger partial charge on any atom is -0.506 e. The summed E-state index contributed by atoms with van der Waals surface area (Å²) >= 11 is 0. The summed E-state index contributed by atoms with van der Waals surface area (Å²) < 4.78 is 5.01. The molecular formula is C9H13NO2. The number of benzene rings is 1. The van der Waals surface area contributed by atoms with Crippen molar-refractivity contribution in [1.29, 1.82) is 0 Å². The van der Waals surface area contributed by atoms with Gasteiger partial charge in [-0.05, 0) is 19.1 Å². The van der Waals surface area contributed by atoms with Crippen molar-refractivity contribution in [2.75, 3.05) is 19.0 Å². The zero-order valence-electron chi connectivity index (χ0n) is 7.29. The Kier molecular flexibility index (Phi) is 2.80. The summed E-state index contributed by atoms with van der Waals surface area (Å²) in [4.78, 5) is 0. The zero-order valence-corrected chi connectivity index (χ0v) is 7.29. The summed E-state index contributed by atoms with van der Waals surface area (Å²) in [7, 11) is 1.60. The van der Waals surface area contributed by atoms with Crippen molar-refractivity contribution in [3.05, 3.63) is 18.2 Å². The molecule has 0 fully saturated rings. The predicted octanol–water partition coefficient (Wildman–Crippen LogP) is 1.83. The van der Waals surface area contributed by atoms with E-state index in [1.54, 1.807) is 25.3 Å². The minimum absolute atomic E-state index is 0.248. The first-order valence-electron chi connectivity index (χ1n) is 3.88. The highest BCUT2D eigenvalue weighted by Crippen LogP contribution is 2.27. The summed E-state index contributed by atoms with van der Waals surface area (Å²) in [6, 6.07) is 5.09. The van der Waals surface area contributed by atoms with E-state index in [1.807, 2.05) is 6.92 Å². The SMILES string of the molecule is CCNc1cc(OC)ccc1O. The molecule has 0 aliphatic rings. The number of methoxy groups -OCH3 is 1. The van der Waals surface area contributed by atoms with Gasteiger partial charge in [-0.3, -0.25) is 0 Å². The fourth-order valence-corrected chi connectivity index (χ4v) is 0.974. The number of hydrogen-bond donors (Lipinski definition) is 2. The molecule has 0 aliphatic heterocycles. The van der Waals surface area contributed by atoms with Crippen LogP contribution < -0.4 is 10.1 Å². The summed E-state index contributed by atoms with van der Waals surface area (Å²) in [5.74, 6) is 0.987. The van der Waals surface area contributed by atoms with Gasteiger partial charge in [-0.25, -0.2) is 0 Å². The Bertz CT molecular complexity index is 261. The highest BCUT2D eigenvalue weighted by atomic mass is 16.5. The molecule has 66 valence electrons. The van der Waals surface area contributed by atoms with E-state index in [4.69, 9.17) is 4.74 Å². The van der Waals surface area contributed by atoms with Crippen molar-refractivity contribution in [2.24, 2.45) is 0 Å². The molecule has 12 heavy (non-hydrogen) atoms. The van der Waals surface area contributed by atoms with E-state index < -0.39 is 0 Å². The molecule has 0 atom stereocenters. The lowest BCUT2D eigenvalue weighted by molar-refractivity contribution is 0.412. The Morgan fingerprint density at radius 2 is 2.25 bits per heavy atom. The monoisotopic (exact) mass is 167 g/mol. The Hall–Kier alpha value is -1.38. The van der Waals surface area contributed by atoms with Gasteiger partial charge < -0.3 is 15.2 Å². The van der Waals surface area contributed by atoms with Crippen LogP contribution in [0.15, 0.2) is 18.2 Å². The maximum absolute atomic E-state index is 9.34. The second-order valence-corrected chi connectivity index (χ2v) is 2.41. The number of phenolic OH excluding ortho intramolecular Hbond substituents is 1. The van der Waals surface area contributed by atoms with Gasteiger partial charge in [-0.2, -0.15) is 0 Å². The molecule has 0 bridgehead atoms. The van der Waals surface area contributed by atoms with Crippen molar-refractivity contribution in [2.45, 2.75) is 6.92 Å². The van der Waals surface area contributed by atoms with Gasteiger partial charge in [0.05, 0.1) is 12.8 Å². The molecule has 0 unspecified atom stereocenters. The highest BCUT2D eigenvalue weighted by Gasteiger charge is 2.00. The standard InChI is InChI=1S/C9H13NO2/c1-3-10-8-6-7(12-2)4-5-9(8)11/h4-6,10-11H,3H2,1-2H3. The van der Waals surface area contributed by atoms with Gasteiger partial charge in [0.15, 0.2) is 0 Å². The number of nitrogens with one attached hydrogen (secondary N) is 1. The Morgan fingerprint density at radius 1 is 1.50 bits per heavy atom. The van der Waals surface area contributed by atoms with E-state index in [2.05, 4.69) is 5.32 Å². The molecule has 1 rings (SSSR count). The molecule has 1 aromatic carbocycles. The zero-order chi connectivity index (χ0) is 8.97. The quantitative estimate of drug-likeness (QED) is 0.675. The van der Waals surface area contributed by atoms with Crippen LogP contribution in [0.2, 0.25) is 0 Å². The van der Waals surface area contributed by atoms with Crippen molar-refractivity contribution in [1.82, 2.24) is 0 Å². The van der Waals surface area contributed by atoms with E-state index >= 15 is 0 Å². The second-order valence-electron chi connectivity index (χ2n) is 2.41. The van der Waals surface area contributed by atoms with Gasteiger partial charge >= 0.3 is 0 Å². The fraction of sp³-hybridized carbons (Fsp3) is 0.333. The van der Waals surface area contributed by atoms with Crippen LogP contribution in [-0.4, -0.2) is 18.8 Å². The number of ether oxygens (including phenoxy) is 1. The van der Waals surface area contributed by atoms with E-state index in [0.717, 1.165) is 12.3 Å². The lowest BCUT2D eigenvalue weighted by Crippen LogP contribution is -1.96. The molecular weight excluding hydrogens is 154 g/mol. The second kappa shape index (κ2) is 3.85. The van der Waals surface area contributed by atoms with Gasteiger partial charge in [0, 0.05) is 12.6 Å². The molecule has 0 spiro atoms. The number of aromatic hydroxyl groups is 1. The van der Waals surface area contributed by atoms with Crippen molar-refractivity contribution < 1.29 is 9.84 Å². The molecule has 2 N–H and O–H groups in total. The Balaban J connectivity index is 2.91. The lowest BCUT2D eigenvalue weighted by atomic mass is 10.2. The molecule has 3 nitrogen and oxygen atoms in total. The first kappa shape index (κ1) is 8.71. The normalized spacial score (nSPS) is 9.50. The van der Waals surface area contributed by atoms with Crippen LogP contribution in [0, 0.1) is 0 Å². The smallest absolute Gasteiger partial charge is 0.138 e. The third-order valence-corrected chi connectivity index (χ3v) is 1.57. The van der Waals surface area contributed by atoms with Crippen molar-refractivity contribution in [3.8, 4) is 11.5 Å². The van der Waals surface area contributed by atoms with Gasteiger partial charge in [0.25, 0.3) is 0 Å². The minimum atomic E-state index is 0.248. The van der Waals surface area contributed by atoms with Crippen LogP contribution in [0.25, 0.3) is 0 Å². The van der Waals surface area contributed by atoms with Crippen molar-refractivity contribution in [3.63, 3.8) is 0 Å². The average molecular weight is 167 g/mol. The van der Waals surface area contributed by atoms with Gasteiger partial charge in [-0.1, -0.05) is 0 Å². The Labute approximate surface area is 72.0 Å². The number of anilines is 1. The first-order chi connectivity index (χ1) is 5.77. The van der Waals surface area contributed by atoms with Crippen LogP contribution in [-0.2, 0) is 0 Å². The van der Waals surface area contributed by atoms with E-state index in [9.17, 15) is 5.11 Å². The van der Waals surface area contributed by atoms with Crippen LogP contribution in [0.3, 0.4) is 0 Å². The highest BCUT2D eigenvalue weighted by molar-refractivity contribution is 5.58. The van der Waals surface area contributed by atoms with E-state index in [0.29, 0.717) is 5.69 Å². The molecule has 0 heterocycles. The average Bonchev–Trinajstić information content (AvgIpc) is 2.09. The maximum Gasteiger partial charge on any atom is 0.138 e. The third-order valence-electron chi connectivity index (χ3n) is 1.57. The van der Waals surface area contributed by atoms with Crippen LogP contribution >= 0.6 is 0 Å². The molecule has 0 aliphatic carbocycles. The fourth-order valence-electron chi connectivity index (χ4n) is 0.974. The molecule has 3 heteroatoms. The molecule has 0 aromatic heterocycles. The van der Waals surface area contributed by atoms with Crippen molar-refractivity contribution >= 4 is 5.69 Å². The molecule has 0 amide bonds. The number of hydrogen-bond acceptors (Lipinski definition) is 3. The number of rotatable bonds is 3. The van der Waals surface area contributed by atoms with Crippen LogP contribution in [0.4, 0.5) is 5.69 Å².